The molecule has 4 heteroatoms. The first kappa shape index (κ1) is 13.1. The van der Waals surface area contributed by atoms with Crippen molar-refractivity contribution in [2.24, 2.45) is 5.73 Å². The van der Waals surface area contributed by atoms with E-state index in [0.29, 0.717) is 0 Å². The molecule has 1 atom stereocenters. The van der Waals surface area contributed by atoms with Crippen molar-refractivity contribution in [3.8, 4) is 0 Å². The molecule has 0 radical (unpaired) electrons. The zero-order chi connectivity index (χ0) is 13.1. The summed E-state index contributed by atoms with van der Waals surface area (Å²) in [6, 6.07) is 5.60. The lowest BCUT2D eigenvalue weighted by atomic mass is 10.1. The van der Waals surface area contributed by atoms with Gasteiger partial charge in [0, 0.05) is 18.8 Å². The maximum Gasteiger partial charge on any atom is 0.241 e. The number of anilines is 1. The Morgan fingerprint density at radius 1 is 1.50 bits per heavy atom. The fraction of sp³-hybridized carbons (Fsp3) is 0.500. The number of carbonyl (C=O) groups is 1. The Kier molecular flexibility index (Phi) is 3.99. The van der Waals surface area contributed by atoms with Crippen LogP contribution in [0.3, 0.4) is 0 Å². The van der Waals surface area contributed by atoms with Crippen LogP contribution in [-0.2, 0) is 17.9 Å². The Labute approximate surface area is 108 Å². The first-order chi connectivity index (χ1) is 8.61. The number of rotatable bonds is 4. The molecule has 1 aromatic carbocycles. The molecule has 4 nitrogen and oxygen atoms in total. The maximum atomic E-state index is 11.7. The molecule has 3 N–H and O–H groups in total. The quantitative estimate of drug-likeness (QED) is 0.851. The van der Waals surface area contributed by atoms with E-state index in [-0.39, 0.29) is 5.91 Å². The molecule has 1 aromatic rings. The number of nitrogens with zero attached hydrogens (tertiary/aromatic N) is 1. The Hall–Kier alpha value is -1.39. The molecule has 0 bridgehead atoms. The fourth-order valence-corrected chi connectivity index (χ4v) is 2.33. The van der Waals surface area contributed by atoms with Gasteiger partial charge >= 0.3 is 0 Å². The summed E-state index contributed by atoms with van der Waals surface area (Å²) in [5, 5.41) is 2.91. The lowest BCUT2D eigenvalue weighted by Crippen LogP contribution is -2.32. The van der Waals surface area contributed by atoms with Crippen LogP contribution in [0.2, 0.25) is 0 Å². The second-order valence-corrected chi connectivity index (χ2v) is 4.93. The van der Waals surface area contributed by atoms with Crippen molar-refractivity contribution in [2.75, 3.05) is 11.9 Å². The van der Waals surface area contributed by atoms with Crippen LogP contribution >= 0.6 is 0 Å². The molecule has 1 heterocycles. The van der Waals surface area contributed by atoms with E-state index in [1.807, 2.05) is 12.1 Å². The first-order valence-corrected chi connectivity index (χ1v) is 6.51. The van der Waals surface area contributed by atoms with Crippen LogP contribution in [0, 0.1) is 0 Å². The number of nitrogens with one attached hydrogen (secondary N) is 1. The number of hydrogen-bond donors (Lipinski definition) is 2. The van der Waals surface area contributed by atoms with Gasteiger partial charge in [0.15, 0.2) is 0 Å². The molecule has 0 fully saturated rings. The van der Waals surface area contributed by atoms with Crippen molar-refractivity contribution >= 4 is 11.6 Å². The van der Waals surface area contributed by atoms with Crippen molar-refractivity contribution < 1.29 is 4.79 Å². The Morgan fingerprint density at radius 2 is 2.28 bits per heavy atom. The number of benzene rings is 1. The lowest BCUT2D eigenvalue weighted by Gasteiger charge is -2.13. The first-order valence-electron chi connectivity index (χ1n) is 6.51. The van der Waals surface area contributed by atoms with Crippen molar-refractivity contribution in [1.29, 1.82) is 0 Å². The molecule has 0 aromatic heterocycles. The molecule has 1 aliphatic rings. The van der Waals surface area contributed by atoms with E-state index in [4.69, 9.17) is 5.73 Å². The van der Waals surface area contributed by atoms with Crippen LogP contribution in [-0.4, -0.2) is 23.4 Å². The van der Waals surface area contributed by atoms with Gasteiger partial charge < -0.3 is 11.1 Å². The van der Waals surface area contributed by atoms with Gasteiger partial charge in [-0.3, -0.25) is 9.69 Å². The molecule has 0 aliphatic carbocycles. The van der Waals surface area contributed by atoms with Gasteiger partial charge in [0.25, 0.3) is 0 Å². The van der Waals surface area contributed by atoms with Crippen LogP contribution in [0.15, 0.2) is 18.2 Å². The summed E-state index contributed by atoms with van der Waals surface area (Å²) in [5.41, 5.74) is 9.04. The van der Waals surface area contributed by atoms with E-state index < -0.39 is 6.04 Å². The molecule has 0 saturated heterocycles. The predicted molar refractivity (Wildman–Crippen MR) is 73.1 cm³/mol. The van der Waals surface area contributed by atoms with E-state index in [1.165, 1.54) is 11.1 Å². The molecule has 98 valence electrons. The Bertz CT molecular complexity index is 443. The molecule has 1 unspecified atom stereocenters. The second kappa shape index (κ2) is 5.50. The van der Waals surface area contributed by atoms with Crippen LogP contribution in [0.4, 0.5) is 5.69 Å². The Morgan fingerprint density at radius 3 is 2.94 bits per heavy atom. The summed E-state index contributed by atoms with van der Waals surface area (Å²) in [5.74, 6) is -0.127. The minimum atomic E-state index is -0.478. The van der Waals surface area contributed by atoms with E-state index in [0.717, 1.165) is 31.7 Å². The van der Waals surface area contributed by atoms with Crippen LogP contribution in [0.5, 0.6) is 0 Å². The highest BCUT2D eigenvalue weighted by molar-refractivity contribution is 5.95. The summed E-state index contributed by atoms with van der Waals surface area (Å²) in [6.07, 6.45) is 1.15. The standard InChI is InChI=1S/C14H21N3O/c1-3-7-17-8-11-5-4-6-13(12(11)9-17)16-14(18)10(2)15/h4-6,10H,3,7-9,15H2,1-2H3,(H,16,18). The molecule has 1 amide bonds. The third-order valence-electron chi connectivity index (χ3n) is 3.26. The van der Waals surface area contributed by atoms with Crippen LogP contribution in [0.1, 0.15) is 31.4 Å². The van der Waals surface area contributed by atoms with E-state index in [2.05, 4.69) is 23.2 Å². The predicted octanol–water partition coefficient (Wildman–Crippen LogP) is 1.70. The summed E-state index contributed by atoms with van der Waals surface area (Å²) in [7, 11) is 0. The molecule has 0 spiro atoms. The number of fused-ring (bicyclic) bond motifs is 1. The lowest BCUT2D eigenvalue weighted by molar-refractivity contribution is -0.117. The van der Waals surface area contributed by atoms with Gasteiger partial charge in [-0.25, -0.2) is 0 Å². The summed E-state index contributed by atoms with van der Waals surface area (Å²) in [6.45, 7) is 6.86. The number of carbonyl (C=O) groups excluding carboxylic acids is 1. The molecular formula is C14H21N3O. The Balaban J connectivity index is 2.16. The van der Waals surface area contributed by atoms with Crippen molar-refractivity contribution in [2.45, 2.75) is 39.4 Å². The number of amides is 1. The normalized spacial score (nSPS) is 16.4. The second-order valence-electron chi connectivity index (χ2n) is 4.93. The highest BCUT2D eigenvalue weighted by Gasteiger charge is 2.21. The van der Waals surface area contributed by atoms with Crippen molar-refractivity contribution in [3.05, 3.63) is 29.3 Å². The number of nitrogens with two attached hydrogens (primary N) is 1. The van der Waals surface area contributed by atoms with Crippen molar-refractivity contribution in [1.82, 2.24) is 4.90 Å². The van der Waals surface area contributed by atoms with E-state index in [9.17, 15) is 4.79 Å². The number of hydrogen-bond acceptors (Lipinski definition) is 3. The SMILES string of the molecule is CCCN1Cc2cccc(NC(=O)C(C)N)c2C1. The zero-order valence-electron chi connectivity index (χ0n) is 11.1. The summed E-state index contributed by atoms with van der Waals surface area (Å²) >= 11 is 0. The average molecular weight is 247 g/mol. The third-order valence-corrected chi connectivity index (χ3v) is 3.26. The highest BCUT2D eigenvalue weighted by Crippen LogP contribution is 2.29. The molecule has 18 heavy (non-hydrogen) atoms. The minimum Gasteiger partial charge on any atom is -0.324 e. The molecule has 1 aliphatic heterocycles. The topological polar surface area (TPSA) is 58.4 Å². The van der Waals surface area contributed by atoms with E-state index in [1.54, 1.807) is 6.92 Å². The summed E-state index contributed by atoms with van der Waals surface area (Å²) in [4.78, 5) is 14.1. The fourth-order valence-electron chi connectivity index (χ4n) is 2.33. The van der Waals surface area contributed by atoms with Crippen molar-refractivity contribution in [3.63, 3.8) is 0 Å². The van der Waals surface area contributed by atoms with Gasteiger partial charge in [0.05, 0.1) is 6.04 Å². The van der Waals surface area contributed by atoms with E-state index >= 15 is 0 Å². The smallest absolute Gasteiger partial charge is 0.241 e. The van der Waals surface area contributed by atoms with Gasteiger partial charge in [-0.15, -0.1) is 0 Å². The van der Waals surface area contributed by atoms with Gasteiger partial charge in [0.1, 0.15) is 0 Å². The van der Waals surface area contributed by atoms with Crippen LogP contribution < -0.4 is 11.1 Å². The van der Waals surface area contributed by atoms with Crippen LogP contribution in [0.25, 0.3) is 0 Å². The minimum absolute atomic E-state index is 0.127. The highest BCUT2D eigenvalue weighted by atomic mass is 16.2. The van der Waals surface area contributed by atoms with Gasteiger partial charge in [0.2, 0.25) is 5.91 Å². The zero-order valence-corrected chi connectivity index (χ0v) is 11.1. The van der Waals surface area contributed by atoms with Gasteiger partial charge in [-0.2, -0.15) is 0 Å². The molecular weight excluding hydrogens is 226 g/mol. The monoisotopic (exact) mass is 247 g/mol. The maximum absolute atomic E-state index is 11.7. The average Bonchev–Trinajstić information content (AvgIpc) is 2.73. The van der Waals surface area contributed by atoms with Gasteiger partial charge in [-0.1, -0.05) is 19.1 Å². The summed E-state index contributed by atoms with van der Waals surface area (Å²) < 4.78 is 0. The largest absolute Gasteiger partial charge is 0.324 e. The molecule has 2 rings (SSSR count). The third kappa shape index (κ3) is 2.71. The molecule has 0 saturated carbocycles. The van der Waals surface area contributed by atoms with Gasteiger partial charge in [-0.05, 0) is 37.1 Å².